The van der Waals surface area contributed by atoms with Crippen LogP contribution in [0.2, 0.25) is 0 Å². The third kappa shape index (κ3) is 2.71. The summed E-state index contributed by atoms with van der Waals surface area (Å²) < 4.78 is 5.61. The van der Waals surface area contributed by atoms with Gasteiger partial charge in [0.05, 0.1) is 12.7 Å². The van der Waals surface area contributed by atoms with Gasteiger partial charge in [-0.3, -0.25) is 4.79 Å². The molecule has 1 fully saturated rings. The summed E-state index contributed by atoms with van der Waals surface area (Å²) in [5.74, 6) is 0.831. The first-order chi connectivity index (χ1) is 6.52. The van der Waals surface area contributed by atoms with E-state index in [-0.39, 0.29) is 17.9 Å². The highest BCUT2D eigenvalue weighted by Gasteiger charge is 2.27. The van der Waals surface area contributed by atoms with Crippen molar-refractivity contribution in [3.8, 4) is 0 Å². The van der Waals surface area contributed by atoms with Crippen LogP contribution < -0.4 is 0 Å². The third-order valence-corrected chi connectivity index (χ3v) is 2.64. The number of carbonyl (C=O) groups excluding carboxylic acids is 1. The molecule has 1 heterocycles. The lowest BCUT2D eigenvalue weighted by Crippen LogP contribution is -2.48. The Labute approximate surface area is 86.4 Å². The SMILES string of the molecule is CC(C)C(=O)N1CCO[C@@H](C(C)C)C1. The van der Waals surface area contributed by atoms with E-state index in [9.17, 15) is 4.79 Å². The molecule has 0 aromatic rings. The predicted octanol–water partition coefficient (Wildman–Crippen LogP) is 1.53. The molecule has 0 aromatic heterocycles. The van der Waals surface area contributed by atoms with Crippen LogP contribution in [0.1, 0.15) is 27.7 Å². The van der Waals surface area contributed by atoms with E-state index in [1.165, 1.54) is 0 Å². The molecule has 1 rings (SSSR count). The van der Waals surface area contributed by atoms with Crippen LogP contribution in [0.4, 0.5) is 0 Å². The Kier molecular flexibility index (Phi) is 3.93. The van der Waals surface area contributed by atoms with Crippen molar-refractivity contribution in [1.82, 2.24) is 4.90 Å². The maximum Gasteiger partial charge on any atom is 0.225 e. The molecule has 0 N–H and O–H groups in total. The van der Waals surface area contributed by atoms with Gasteiger partial charge in [-0.1, -0.05) is 27.7 Å². The van der Waals surface area contributed by atoms with Crippen LogP contribution in [0.25, 0.3) is 0 Å². The molecule has 0 unspecified atom stereocenters. The Hall–Kier alpha value is -0.570. The van der Waals surface area contributed by atoms with Gasteiger partial charge in [-0.05, 0) is 5.92 Å². The van der Waals surface area contributed by atoms with Crippen LogP contribution in [0.3, 0.4) is 0 Å². The van der Waals surface area contributed by atoms with Crippen molar-refractivity contribution < 1.29 is 9.53 Å². The zero-order valence-electron chi connectivity index (χ0n) is 9.62. The van der Waals surface area contributed by atoms with Gasteiger partial charge in [0.25, 0.3) is 0 Å². The van der Waals surface area contributed by atoms with Crippen molar-refractivity contribution in [3.05, 3.63) is 0 Å². The fourth-order valence-electron chi connectivity index (χ4n) is 1.64. The van der Waals surface area contributed by atoms with Crippen molar-refractivity contribution in [2.24, 2.45) is 11.8 Å². The second-order valence-electron chi connectivity index (χ2n) is 4.59. The fraction of sp³-hybridized carbons (Fsp3) is 0.909. The molecule has 1 aliphatic heterocycles. The molecule has 1 amide bonds. The van der Waals surface area contributed by atoms with Gasteiger partial charge in [0.2, 0.25) is 5.91 Å². The zero-order valence-corrected chi connectivity index (χ0v) is 9.62. The molecule has 0 aromatic carbocycles. The maximum absolute atomic E-state index is 11.7. The first-order valence-electron chi connectivity index (χ1n) is 5.42. The van der Waals surface area contributed by atoms with Gasteiger partial charge in [-0.25, -0.2) is 0 Å². The van der Waals surface area contributed by atoms with Gasteiger partial charge in [0.1, 0.15) is 0 Å². The molecule has 0 saturated carbocycles. The molecule has 82 valence electrons. The van der Waals surface area contributed by atoms with Crippen LogP contribution in [0, 0.1) is 11.8 Å². The molecule has 0 radical (unpaired) electrons. The lowest BCUT2D eigenvalue weighted by molar-refractivity contribution is -0.143. The van der Waals surface area contributed by atoms with E-state index in [1.807, 2.05) is 18.7 Å². The second-order valence-corrected chi connectivity index (χ2v) is 4.59. The molecule has 1 atom stereocenters. The number of carbonyl (C=O) groups is 1. The highest BCUT2D eigenvalue weighted by molar-refractivity contribution is 5.78. The van der Waals surface area contributed by atoms with Gasteiger partial charge in [0.15, 0.2) is 0 Å². The van der Waals surface area contributed by atoms with Crippen molar-refractivity contribution in [2.45, 2.75) is 33.8 Å². The number of morpholine rings is 1. The van der Waals surface area contributed by atoms with Crippen LogP contribution in [0.15, 0.2) is 0 Å². The van der Waals surface area contributed by atoms with Crippen LogP contribution in [-0.4, -0.2) is 36.6 Å². The van der Waals surface area contributed by atoms with Crippen LogP contribution >= 0.6 is 0 Å². The predicted molar refractivity (Wildman–Crippen MR) is 56.0 cm³/mol. The minimum atomic E-state index is 0.0981. The molecule has 1 saturated heterocycles. The molecule has 0 aliphatic carbocycles. The normalized spacial score (nSPS) is 23.3. The number of hydrogen-bond donors (Lipinski definition) is 0. The van der Waals surface area contributed by atoms with Gasteiger partial charge < -0.3 is 9.64 Å². The summed E-state index contributed by atoms with van der Waals surface area (Å²) in [6, 6.07) is 0. The third-order valence-electron chi connectivity index (χ3n) is 2.64. The van der Waals surface area contributed by atoms with Crippen LogP contribution in [-0.2, 0) is 9.53 Å². The molecule has 0 spiro atoms. The number of nitrogens with zero attached hydrogens (tertiary/aromatic N) is 1. The van der Waals surface area contributed by atoms with E-state index < -0.39 is 0 Å². The van der Waals surface area contributed by atoms with E-state index >= 15 is 0 Å². The number of amides is 1. The van der Waals surface area contributed by atoms with E-state index in [4.69, 9.17) is 4.74 Å². The quantitative estimate of drug-likeness (QED) is 0.675. The zero-order chi connectivity index (χ0) is 10.7. The largest absolute Gasteiger partial charge is 0.374 e. The summed E-state index contributed by atoms with van der Waals surface area (Å²) in [5, 5.41) is 0. The van der Waals surface area contributed by atoms with Crippen molar-refractivity contribution in [1.29, 1.82) is 0 Å². The topological polar surface area (TPSA) is 29.5 Å². The summed E-state index contributed by atoms with van der Waals surface area (Å²) in [6.07, 6.45) is 0.214. The first-order valence-corrected chi connectivity index (χ1v) is 5.42. The average molecular weight is 199 g/mol. The Morgan fingerprint density at radius 1 is 1.36 bits per heavy atom. The molecule has 0 bridgehead atoms. The smallest absolute Gasteiger partial charge is 0.225 e. The van der Waals surface area contributed by atoms with E-state index in [1.54, 1.807) is 0 Å². The Bertz CT molecular complexity index is 201. The Morgan fingerprint density at radius 2 is 2.00 bits per heavy atom. The van der Waals surface area contributed by atoms with E-state index in [0.717, 1.165) is 13.1 Å². The lowest BCUT2D eigenvalue weighted by atomic mass is 10.0. The second kappa shape index (κ2) is 4.78. The van der Waals surface area contributed by atoms with E-state index in [2.05, 4.69) is 13.8 Å². The van der Waals surface area contributed by atoms with Crippen molar-refractivity contribution in [3.63, 3.8) is 0 Å². The fourth-order valence-corrected chi connectivity index (χ4v) is 1.64. The minimum Gasteiger partial charge on any atom is -0.374 e. The molecular formula is C11H21NO2. The monoisotopic (exact) mass is 199 g/mol. The molecule has 3 heteroatoms. The highest BCUT2D eigenvalue weighted by atomic mass is 16.5. The molecule has 3 nitrogen and oxygen atoms in total. The number of rotatable bonds is 2. The average Bonchev–Trinajstić information content (AvgIpc) is 2.16. The Balaban J connectivity index is 2.51. The molecular weight excluding hydrogens is 178 g/mol. The minimum absolute atomic E-state index is 0.0981. The van der Waals surface area contributed by atoms with E-state index in [0.29, 0.717) is 12.5 Å². The molecule has 14 heavy (non-hydrogen) atoms. The summed E-state index contributed by atoms with van der Waals surface area (Å²) in [4.78, 5) is 13.7. The van der Waals surface area contributed by atoms with Gasteiger partial charge >= 0.3 is 0 Å². The van der Waals surface area contributed by atoms with Crippen LogP contribution in [0.5, 0.6) is 0 Å². The number of ether oxygens (including phenoxy) is 1. The lowest BCUT2D eigenvalue weighted by Gasteiger charge is -2.35. The standard InChI is InChI=1S/C11H21NO2/c1-8(2)10-7-12(5-6-14-10)11(13)9(3)4/h8-10H,5-7H2,1-4H3/t10-/m1/s1. The van der Waals surface area contributed by atoms with Gasteiger partial charge in [-0.15, -0.1) is 0 Å². The highest BCUT2D eigenvalue weighted by Crippen LogP contribution is 2.15. The van der Waals surface area contributed by atoms with Crippen molar-refractivity contribution in [2.75, 3.05) is 19.7 Å². The summed E-state index contributed by atoms with van der Waals surface area (Å²) >= 11 is 0. The van der Waals surface area contributed by atoms with Gasteiger partial charge in [-0.2, -0.15) is 0 Å². The maximum atomic E-state index is 11.7. The van der Waals surface area contributed by atoms with Gasteiger partial charge in [0, 0.05) is 19.0 Å². The summed E-state index contributed by atoms with van der Waals surface area (Å²) in [6.45, 7) is 10.3. The van der Waals surface area contributed by atoms with Crippen molar-refractivity contribution >= 4 is 5.91 Å². The first kappa shape index (κ1) is 11.5. The number of hydrogen-bond acceptors (Lipinski definition) is 2. The summed E-state index contributed by atoms with van der Waals surface area (Å²) in [5.41, 5.74) is 0. The molecule has 1 aliphatic rings. The summed E-state index contributed by atoms with van der Waals surface area (Å²) in [7, 11) is 0. The Morgan fingerprint density at radius 3 is 2.50 bits per heavy atom.